The largest absolute Gasteiger partial charge is 0.419 e. The van der Waals surface area contributed by atoms with Gasteiger partial charge >= 0.3 is 11.9 Å². The van der Waals surface area contributed by atoms with Gasteiger partial charge in [0.1, 0.15) is 0 Å². The number of nitrogens with zero attached hydrogens (tertiary/aromatic N) is 2. The highest BCUT2D eigenvalue weighted by Gasteiger charge is 2.32. The summed E-state index contributed by atoms with van der Waals surface area (Å²) in [4.78, 5) is 26.5. The third kappa shape index (κ3) is 4.60. The van der Waals surface area contributed by atoms with Crippen molar-refractivity contribution in [3.05, 3.63) is 58.6 Å². The van der Waals surface area contributed by atoms with Crippen LogP contribution in [-0.4, -0.2) is 23.6 Å². The third-order valence-corrected chi connectivity index (χ3v) is 5.40. The maximum atomic E-state index is 13.2. The fraction of sp³-hybridized carbons (Fsp3) is 0.364. The third-order valence-electron chi connectivity index (χ3n) is 5.40. The van der Waals surface area contributed by atoms with Gasteiger partial charge in [-0.1, -0.05) is 12.1 Å². The highest BCUT2D eigenvalue weighted by Crippen LogP contribution is 2.36. The first-order valence-corrected chi connectivity index (χ1v) is 10.2. The molecule has 6 nitrogen and oxygen atoms in total. The van der Waals surface area contributed by atoms with Crippen LogP contribution in [0.1, 0.15) is 31.2 Å². The second kappa shape index (κ2) is 8.49. The molecule has 1 amide bonds. The number of aryl methyl sites for hydroxylation is 1. The monoisotopic (exact) mass is 433 g/mol. The number of para-hydroxylation sites is 2. The van der Waals surface area contributed by atoms with E-state index in [1.54, 1.807) is 24.3 Å². The van der Waals surface area contributed by atoms with E-state index in [9.17, 15) is 22.8 Å². The molecule has 0 bridgehead atoms. The Morgan fingerprint density at radius 2 is 1.84 bits per heavy atom. The molecule has 3 aromatic rings. The van der Waals surface area contributed by atoms with Gasteiger partial charge in [0.25, 0.3) is 0 Å². The molecule has 1 aliphatic heterocycles. The number of hydrogen-bond donors (Lipinski definition) is 1. The SMILES string of the molecule is O=C(CCCn1c(=O)oc2ccccc21)Nc1cc(C(F)(F)F)ccc1N1CCCC1. The van der Waals surface area contributed by atoms with Crippen LogP contribution in [0.4, 0.5) is 24.5 Å². The van der Waals surface area contributed by atoms with Crippen molar-refractivity contribution < 1.29 is 22.4 Å². The lowest BCUT2D eigenvalue weighted by Gasteiger charge is -2.23. The van der Waals surface area contributed by atoms with Gasteiger partial charge in [0.2, 0.25) is 5.91 Å². The van der Waals surface area contributed by atoms with E-state index >= 15 is 0 Å². The molecule has 0 unspecified atom stereocenters. The Bertz CT molecular complexity index is 1140. The van der Waals surface area contributed by atoms with Gasteiger partial charge in [-0.2, -0.15) is 13.2 Å². The van der Waals surface area contributed by atoms with Crippen LogP contribution in [-0.2, 0) is 17.5 Å². The number of halogens is 3. The zero-order chi connectivity index (χ0) is 22.0. The van der Waals surface area contributed by atoms with Crippen molar-refractivity contribution in [2.24, 2.45) is 0 Å². The number of oxazole rings is 1. The lowest BCUT2D eigenvalue weighted by molar-refractivity contribution is -0.137. The Kier molecular flexibility index (Phi) is 5.75. The maximum absolute atomic E-state index is 13.2. The summed E-state index contributed by atoms with van der Waals surface area (Å²) in [6, 6.07) is 10.4. The number of hydrogen-bond acceptors (Lipinski definition) is 4. The van der Waals surface area contributed by atoms with Gasteiger partial charge in [-0.25, -0.2) is 4.79 Å². The molecule has 0 spiro atoms. The minimum Gasteiger partial charge on any atom is -0.408 e. The van der Waals surface area contributed by atoms with Gasteiger partial charge in [0.05, 0.1) is 22.5 Å². The molecule has 4 rings (SSSR count). The van der Waals surface area contributed by atoms with Gasteiger partial charge in [-0.05, 0) is 49.6 Å². The summed E-state index contributed by atoms with van der Waals surface area (Å²) in [6.07, 6.45) is -2.18. The molecule has 1 aromatic heterocycles. The zero-order valence-corrected chi connectivity index (χ0v) is 16.7. The maximum Gasteiger partial charge on any atom is 0.419 e. The van der Waals surface area contributed by atoms with Crippen molar-refractivity contribution in [2.75, 3.05) is 23.3 Å². The number of carbonyl (C=O) groups excluding carboxylic acids is 1. The van der Waals surface area contributed by atoms with Gasteiger partial charge in [-0.15, -0.1) is 0 Å². The molecule has 31 heavy (non-hydrogen) atoms. The Labute approximate surface area is 176 Å². The number of rotatable bonds is 6. The standard InChI is InChI=1S/C22H22F3N3O3/c23-22(24,25)15-9-10-17(27-11-3-4-12-27)16(14-15)26-20(29)8-5-13-28-18-6-1-2-7-19(18)31-21(28)30/h1-2,6-7,9-10,14H,3-5,8,11-13H2,(H,26,29). The molecule has 0 radical (unpaired) electrons. The van der Waals surface area contributed by atoms with Crippen molar-refractivity contribution in [1.29, 1.82) is 0 Å². The van der Waals surface area contributed by atoms with Gasteiger partial charge in [0, 0.05) is 26.1 Å². The van der Waals surface area contributed by atoms with Crippen molar-refractivity contribution in [1.82, 2.24) is 4.57 Å². The Hall–Kier alpha value is -3.23. The van der Waals surface area contributed by atoms with Crippen molar-refractivity contribution in [3.63, 3.8) is 0 Å². The zero-order valence-electron chi connectivity index (χ0n) is 16.7. The molecule has 9 heteroatoms. The Morgan fingerprint density at radius 1 is 1.10 bits per heavy atom. The van der Waals surface area contributed by atoms with E-state index in [0.717, 1.165) is 38.1 Å². The summed E-state index contributed by atoms with van der Waals surface area (Å²) in [5, 5.41) is 2.64. The molecular weight excluding hydrogens is 411 g/mol. The smallest absolute Gasteiger partial charge is 0.408 e. The summed E-state index contributed by atoms with van der Waals surface area (Å²) in [5.74, 6) is -0.906. The lowest BCUT2D eigenvalue weighted by Crippen LogP contribution is -2.22. The predicted molar refractivity (Wildman–Crippen MR) is 111 cm³/mol. The first-order chi connectivity index (χ1) is 14.8. The Morgan fingerprint density at radius 3 is 2.58 bits per heavy atom. The summed E-state index contributed by atoms with van der Waals surface area (Å²) in [6.45, 7) is 1.75. The second-order valence-electron chi connectivity index (χ2n) is 7.56. The highest BCUT2D eigenvalue weighted by atomic mass is 19.4. The molecular formula is C22H22F3N3O3. The van der Waals surface area contributed by atoms with Crippen LogP contribution in [0.15, 0.2) is 51.7 Å². The number of nitrogens with one attached hydrogen (secondary N) is 1. The van der Waals surface area contributed by atoms with E-state index < -0.39 is 23.4 Å². The minimum atomic E-state index is -4.49. The molecule has 1 fully saturated rings. The molecule has 1 saturated heterocycles. The number of aromatic nitrogens is 1. The number of amides is 1. The van der Waals surface area contributed by atoms with Crippen molar-refractivity contribution in [2.45, 2.75) is 38.4 Å². The first-order valence-electron chi connectivity index (χ1n) is 10.2. The van der Waals surface area contributed by atoms with Crippen molar-refractivity contribution in [3.8, 4) is 0 Å². The van der Waals surface area contributed by atoms with Crippen LogP contribution in [0.25, 0.3) is 11.1 Å². The van der Waals surface area contributed by atoms with Gasteiger partial charge < -0.3 is 14.6 Å². The fourth-order valence-electron chi connectivity index (χ4n) is 3.88. The lowest BCUT2D eigenvalue weighted by atomic mass is 10.1. The van der Waals surface area contributed by atoms with E-state index in [-0.39, 0.29) is 18.7 Å². The van der Waals surface area contributed by atoms with E-state index in [2.05, 4.69) is 5.32 Å². The van der Waals surface area contributed by atoms with Crippen LogP contribution >= 0.6 is 0 Å². The molecule has 0 atom stereocenters. The summed E-state index contributed by atoms with van der Waals surface area (Å²) in [7, 11) is 0. The molecule has 1 N–H and O–H groups in total. The molecule has 2 heterocycles. The summed E-state index contributed by atoms with van der Waals surface area (Å²) in [5.41, 5.74) is 1.06. The Balaban J connectivity index is 1.46. The van der Waals surface area contributed by atoms with Crippen LogP contribution < -0.4 is 16.0 Å². The average Bonchev–Trinajstić information content (AvgIpc) is 3.35. The van der Waals surface area contributed by atoms with Crippen molar-refractivity contribution >= 4 is 28.4 Å². The number of alkyl halides is 3. The average molecular weight is 433 g/mol. The fourth-order valence-corrected chi connectivity index (χ4v) is 3.88. The number of carbonyl (C=O) groups is 1. The van der Waals surface area contributed by atoms with Gasteiger partial charge in [-0.3, -0.25) is 9.36 Å². The number of anilines is 2. The summed E-state index contributed by atoms with van der Waals surface area (Å²) < 4.78 is 46.1. The molecule has 0 aliphatic carbocycles. The second-order valence-corrected chi connectivity index (χ2v) is 7.56. The molecule has 164 valence electrons. The predicted octanol–water partition coefficient (Wildman–Crippen LogP) is 4.63. The summed E-state index contributed by atoms with van der Waals surface area (Å²) >= 11 is 0. The topological polar surface area (TPSA) is 67.5 Å². The van der Waals surface area contributed by atoms with E-state index in [1.165, 1.54) is 10.6 Å². The van der Waals surface area contributed by atoms with Crippen LogP contribution in [0.5, 0.6) is 0 Å². The first kappa shape index (κ1) is 21.0. The minimum absolute atomic E-state index is 0.0572. The van der Waals surface area contributed by atoms with E-state index in [0.29, 0.717) is 23.2 Å². The normalized spacial score (nSPS) is 14.4. The quantitative estimate of drug-likeness (QED) is 0.616. The molecule has 2 aromatic carbocycles. The van der Waals surface area contributed by atoms with Crippen LogP contribution in [0.2, 0.25) is 0 Å². The molecule has 1 aliphatic rings. The van der Waals surface area contributed by atoms with Crippen LogP contribution in [0.3, 0.4) is 0 Å². The highest BCUT2D eigenvalue weighted by molar-refractivity contribution is 5.94. The van der Waals surface area contributed by atoms with E-state index in [1.807, 2.05) is 4.90 Å². The van der Waals surface area contributed by atoms with Crippen LogP contribution in [0, 0.1) is 0 Å². The number of fused-ring (bicyclic) bond motifs is 1. The van der Waals surface area contributed by atoms with Gasteiger partial charge in [0.15, 0.2) is 5.58 Å². The van der Waals surface area contributed by atoms with E-state index in [4.69, 9.17) is 4.42 Å². The molecule has 0 saturated carbocycles. The number of benzene rings is 2.